The summed E-state index contributed by atoms with van der Waals surface area (Å²) in [6.07, 6.45) is 3.64. The van der Waals surface area contributed by atoms with Crippen molar-refractivity contribution in [2.24, 2.45) is 17.3 Å². The molecule has 3 saturated heterocycles. The van der Waals surface area contributed by atoms with Crippen LogP contribution in [0.3, 0.4) is 0 Å². The van der Waals surface area contributed by atoms with Gasteiger partial charge in [0.1, 0.15) is 0 Å². The Balaban J connectivity index is 1.72. The Kier molecular flexibility index (Phi) is 5.20. The molecule has 0 bridgehead atoms. The second-order valence-corrected chi connectivity index (χ2v) is 9.45. The van der Waals surface area contributed by atoms with Crippen molar-refractivity contribution in [3.8, 4) is 0 Å². The monoisotopic (exact) mass is 360 g/mol. The number of carbonyl (C=O) groups is 1. The number of rotatable bonds is 4. The number of carbonyl (C=O) groups excluding carboxylic acids is 1. The van der Waals surface area contributed by atoms with E-state index in [1.807, 2.05) is 4.90 Å². The second-order valence-electron chi connectivity index (χ2n) is 7.47. The number of sulfonamides is 1. The third-order valence-electron chi connectivity index (χ3n) is 5.88. The Hall–Kier alpha value is -0.700. The molecule has 0 saturated carbocycles. The Labute approximate surface area is 144 Å². The number of amides is 1. The molecule has 3 rings (SSSR count). The zero-order valence-electron chi connectivity index (χ0n) is 14.6. The maximum atomic E-state index is 12.8. The minimum atomic E-state index is -3.22. The number of likely N-dealkylation sites (tertiary alicyclic amines) is 1. The molecule has 0 aliphatic carbocycles. The molecule has 0 aromatic heterocycles. The van der Waals surface area contributed by atoms with Crippen LogP contribution in [0, 0.1) is 17.3 Å². The van der Waals surface area contributed by atoms with Crippen molar-refractivity contribution in [2.45, 2.75) is 19.3 Å². The van der Waals surface area contributed by atoms with Gasteiger partial charge in [0, 0.05) is 57.8 Å². The molecule has 8 heteroatoms. The molecule has 138 valence electrons. The summed E-state index contributed by atoms with van der Waals surface area (Å²) in [6.45, 7) is 4.16. The minimum Gasteiger partial charge on any atom is -0.384 e. The summed E-state index contributed by atoms with van der Waals surface area (Å²) >= 11 is 0. The third kappa shape index (κ3) is 3.47. The van der Waals surface area contributed by atoms with E-state index in [2.05, 4.69) is 0 Å². The molecular weight excluding hydrogens is 332 g/mol. The van der Waals surface area contributed by atoms with Crippen molar-refractivity contribution in [3.63, 3.8) is 0 Å². The van der Waals surface area contributed by atoms with Crippen molar-refractivity contribution in [1.29, 1.82) is 0 Å². The van der Waals surface area contributed by atoms with Gasteiger partial charge in [-0.15, -0.1) is 0 Å². The highest BCUT2D eigenvalue weighted by molar-refractivity contribution is 7.88. The predicted molar refractivity (Wildman–Crippen MR) is 89.0 cm³/mol. The standard InChI is InChI=1S/C16H28N2O5S/c1-22-12-16-5-6-17(15(19)13-3-7-23-8-4-13)9-14(16)10-18(11-16)24(2,20)21/h13-14H,3-12H2,1-2H3/t14-,16+/m1/s1. The Morgan fingerprint density at radius 1 is 1.29 bits per heavy atom. The van der Waals surface area contributed by atoms with E-state index in [0.29, 0.717) is 46.0 Å². The van der Waals surface area contributed by atoms with Gasteiger partial charge < -0.3 is 14.4 Å². The van der Waals surface area contributed by atoms with Gasteiger partial charge in [0.05, 0.1) is 12.9 Å². The van der Waals surface area contributed by atoms with Crippen LogP contribution in [0.1, 0.15) is 19.3 Å². The van der Waals surface area contributed by atoms with Gasteiger partial charge in [0.15, 0.2) is 0 Å². The first-order valence-electron chi connectivity index (χ1n) is 8.66. The van der Waals surface area contributed by atoms with Crippen molar-refractivity contribution < 1.29 is 22.7 Å². The first kappa shape index (κ1) is 18.1. The maximum absolute atomic E-state index is 12.8. The van der Waals surface area contributed by atoms with Crippen LogP contribution in [-0.2, 0) is 24.3 Å². The number of methoxy groups -OCH3 is 1. The summed E-state index contributed by atoms with van der Waals surface area (Å²) in [6, 6.07) is 0. The van der Waals surface area contributed by atoms with Crippen LogP contribution >= 0.6 is 0 Å². The van der Waals surface area contributed by atoms with Gasteiger partial charge in [0.25, 0.3) is 0 Å². The van der Waals surface area contributed by atoms with Crippen molar-refractivity contribution in [2.75, 3.05) is 59.4 Å². The lowest BCUT2D eigenvalue weighted by Gasteiger charge is -2.44. The van der Waals surface area contributed by atoms with E-state index in [9.17, 15) is 13.2 Å². The van der Waals surface area contributed by atoms with Gasteiger partial charge in [-0.25, -0.2) is 12.7 Å². The lowest BCUT2D eigenvalue weighted by molar-refractivity contribution is -0.143. The van der Waals surface area contributed by atoms with Crippen LogP contribution in [0.4, 0.5) is 0 Å². The van der Waals surface area contributed by atoms with Gasteiger partial charge in [-0.3, -0.25) is 4.79 Å². The first-order valence-corrected chi connectivity index (χ1v) is 10.5. The van der Waals surface area contributed by atoms with Gasteiger partial charge in [0.2, 0.25) is 15.9 Å². The predicted octanol–water partition coefficient (Wildman–Crippen LogP) is 0.170. The number of hydrogen-bond donors (Lipinski definition) is 0. The molecule has 3 aliphatic rings. The highest BCUT2D eigenvalue weighted by atomic mass is 32.2. The summed E-state index contributed by atoms with van der Waals surface area (Å²) < 4.78 is 36.3. The Bertz CT molecular complexity index is 575. The first-order chi connectivity index (χ1) is 11.4. The highest BCUT2D eigenvalue weighted by Crippen LogP contribution is 2.44. The molecule has 3 aliphatic heterocycles. The number of fused-ring (bicyclic) bond motifs is 1. The fourth-order valence-corrected chi connectivity index (χ4v) is 5.35. The van der Waals surface area contributed by atoms with Gasteiger partial charge >= 0.3 is 0 Å². The van der Waals surface area contributed by atoms with E-state index in [4.69, 9.17) is 9.47 Å². The Morgan fingerprint density at radius 3 is 2.62 bits per heavy atom. The van der Waals surface area contributed by atoms with Crippen LogP contribution in [0.15, 0.2) is 0 Å². The summed E-state index contributed by atoms with van der Waals surface area (Å²) in [5.74, 6) is 0.410. The molecule has 1 amide bonds. The molecule has 3 fully saturated rings. The maximum Gasteiger partial charge on any atom is 0.225 e. The number of nitrogens with zero attached hydrogens (tertiary/aromatic N) is 2. The number of piperidine rings is 1. The van der Waals surface area contributed by atoms with E-state index in [0.717, 1.165) is 19.3 Å². The number of ether oxygens (including phenoxy) is 2. The van der Waals surface area contributed by atoms with Gasteiger partial charge in [-0.05, 0) is 25.2 Å². The van der Waals surface area contributed by atoms with Crippen LogP contribution < -0.4 is 0 Å². The third-order valence-corrected chi connectivity index (χ3v) is 7.10. The molecule has 0 unspecified atom stereocenters. The van der Waals surface area contributed by atoms with Crippen LogP contribution in [0.2, 0.25) is 0 Å². The Morgan fingerprint density at radius 2 is 2.00 bits per heavy atom. The fourth-order valence-electron chi connectivity index (χ4n) is 4.41. The molecular formula is C16H28N2O5S. The van der Waals surface area contributed by atoms with Crippen LogP contribution in [0.5, 0.6) is 0 Å². The molecule has 7 nitrogen and oxygen atoms in total. The number of hydrogen-bond acceptors (Lipinski definition) is 5. The molecule has 0 N–H and O–H groups in total. The normalized spacial score (nSPS) is 32.8. The summed E-state index contributed by atoms with van der Waals surface area (Å²) in [4.78, 5) is 14.7. The quantitative estimate of drug-likeness (QED) is 0.714. The SMILES string of the molecule is COC[C@@]12CCN(C(=O)C3CCOCC3)C[C@@H]1CN(S(C)(=O)=O)C2. The average molecular weight is 360 g/mol. The van der Waals surface area contributed by atoms with Gasteiger partial charge in [-0.1, -0.05) is 0 Å². The molecule has 2 atom stereocenters. The van der Waals surface area contributed by atoms with Crippen molar-refractivity contribution in [1.82, 2.24) is 9.21 Å². The zero-order chi connectivity index (χ0) is 17.4. The molecule has 3 heterocycles. The fraction of sp³-hybridized carbons (Fsp3) is 0.938. The average Bonchev–Trinajstić information content (AvgIpc) is 2.94. The van der Waals surface area contributed by atoms with Gasteiger partial charge in [-0.2, -0.15) is 0 Å². The van der Waals surface area contributed by atoms with Crippen molar-refractivity contribution in [3.05, 3.63) is 0 Å². The molecule has 0 spiro atoms. The lowest BCUT2D eigenvalue weighted by atomic mass is 9.73. The smallest absolute Gasteiger partial charge is 0.225 e. The molecule has 0 aromatic rings. The van der Waals surface area contributed by atoms with E-state index in [1.54, 1.807) is 11.4 Å². The topological polar surface area (TPSA) is 76.2 Å². The zero-order valence-corrected chi connectivity index (χ0v) is 15.4. The summed E-state index contributed by atoms with van der Waals surface area (Å²) in [5.41, 5.74) is -0.162. The van der Waals surface area contributed by atoms with E-state index in [-0.39, 0.29) is 23.2 Å². The second kappa shape index (κ2) is 6.90. The molecule has 0 aromatic carbocycles. The van der Waals surface area contributed by atoms with Crippen LogP contribution in [-0.4, -0.2) is 82.9 Å². The van der Waals surface area contributed by atoms with E-state index < -0.39 is 10.0 Å². The minimum absolute atomic E-state index is 0.0566. The molecule has 24 heavy (non-hydrogen) atoms. The van der Waals surface area contributed by atoms with E-state index in [1.165, 1.54) is 6.26 Å². The largest absolute Gasteiger partial charge is 0.384 e. The van der Waals surface area contributed by atoms with Crippen molar-refractivity contribution >= 4 is 15.9 Å². The highest BCUT2D eigenvalue weighted by Gasteiger charge is 2.52. The van der Waals surface area contributed by atoms with E-state index >= 15 is 0 Å². The summed E-state index contributed by atoms with van der Waals surface area (Å²) in [5, 5.41) is 0. The lowest BCUT2D eigenvalue weighted by Crippen LogP contribution is -2.52. The van der Waals surface area contributed by atoms with Crippen LogP contribution in [0.25, 0.3) is 0 Å². The molecule has 0 radical (unpaired) electrons. The summed E-state index contributed by atoms with van der Waals surface area (Å²) in [7, 11) is -1.56.